The first-order valence-electron chi connectivity index (χ1n) is 4.57. The molecule has 1 rings (SSSR count). The van der Waals surface area contributed by atoms with Gasteiger partial charge >= 0.3 is 0 Å². The minimum Gasteiger partial charge on any atom is -0.377 e. The average Bonchev–Trinajstić information content (AvgIpc) is 2.16. The van der Waals surface area contributed by atoms with Gasteiger partial charge in [0, 0.05) is 13.0 Å². The maximum Gasteiger partial charge on any atom is 0.226 e. The highest BCUT2D eigenvalue weighted by atomic mass is 35.5. The summed E-state index contributed by atoms with van der Waals surface area (Å²) in [7, 11) is 0. The third kappa shape index (κ3) is 3.48. The van der Waals surface area contributed by atoms with Crippen molar-refractivity contribution in [3.05, 3.63) is 35.4 Å². The second-order valence-electron chi connectivity index (χ2n) is 2.94. The zero-order chi connectivity index (χ0) is 10.4. The monoisotopic (exact) mass is 212 g/mol. The predicted octanol–water partition coefficient (Wildman–Crippen LogP) is 2.53. The Morgan fingerprint density at radius 2 is 2.00 bits per heavy atom. The van der Waals surface area contributed by atoms with Gasteiger partial charge in [-0.15, -0.1) is 0 Å². The van der Waals surface area contributed by atoms with Gasteiger partial charge in [0.25, 0.3) is 0 Å². The maximum atomic E-state index is 10.8. The molecule has 0 spiro atoms. The minimum atomic E-state index is -0.339. The summed E-state index contributed by atoms with van der Waals surface area (Å²) in [6.45, 7) is 3.15. The van der Waals surface area contributed by atoms with Crippen LogP contribution >= 0.6 is 11.6 Å². The third-order valence-electron chi connectivity index (χ3n) is 1.91. The number of rotatable bonds is 5. The van der Waals surface area contributed by atoms with E-state index in [-0.39, 0.29) is 11.7 Å². The molecule has 0 atom stereocenters. The van der Waals surface area contributed by atoms with Gasteiger partial charge in [0.1, 0.15) is 0 Å². The molecular weight excluding hydrogens is 200 g/mol. The van der Waals surface area contributed by atoms with Gasteiger partial charge in [-0.3, -0.25) is 4.79 Å². The molecule has 0 saturated heterocycles. The van der Waals surface area contributed by atoms with Gasteiger partial charge in [0.15, 0.2) is 0 Å². The first kappa shape index (κ1) is 11.2. The first-order chi connectivity index (χ1) is 6.74. The molecule has 0 bridgehead atoms. The molecule has 0 fully saturated rings. The summed E-state index contributed by atoms with van der Waals surface area (Å²) in [5, 5.41) is -0.339. The van der Waals surface area contributed by atoms with Gasteiger partial charge in [-0.25, -0.2) is 0 Å². The van der Waals surface area contributed by atoms with Gasteiger partial charge in [-0.2, -0.15) is 0 Å². The predicted molar refractivity (Wildman–Crippen MR) is 56.3 cm³/mol. The molecule has 3 heteroatoms. The molecule has 0 N–H and O–H groups in total. The van der Waals surface area contributed by atoms with Crippen molar-refractivity contribution >= 4 is 16.8 Å². The van der Waals surface area contributed by atoms with E-state index >= 15 is 0 Å². The summed E-state index contributed by atoms with van der Waals surface area (Å²) in [5.41, 5.74) is 1.98. The summed E-state index contributed by atoms with van der Waals surface area (Å²) >= 11 is 5.34. The summed E-state index contributed by atoms with van der Waals surface area (Å²) in [4.78, 5) is 10.8. The van der Waals surface area contributed by atoms with Crippen LogP contribution in [0.2, 0.25) is 0 Å². The number of carbonyl (C=O) groups is 1. The van der Waals surface area contributed by atoms with E-state index in [0.29, 0.717) is 13.2 Å². The van der Waals surface area contributed by atoms with E-state index in [4.69, 9.17) is 16.3 Å². The normalized spacial score (nSPS) is 10.1. The van der Waals surface area contributed by atoms with E-state index in [0.717, 1.165) is 11.1 Å². The fourth-order valence-corrected chi connectivity index (χ4v) is 1.38. The Labute approximate surface area is 88.8 Å². The van der Waals surface area contributed by atoms with Gasteiger partial charge < -0.3 is 4.74 Å². The average molecular weight is 213 g/mol. The lowest BCUT2D eigenvalue weighted by Gasteiger charge is -2.06. The smallest absolute Gasteiger partial charge is 0.226 e. The molecule has 0 aromatic heterocycles. The Bertz CT molecular complexity index is 310. The number of halogens is 1. The standard InChI is InChI=1S/C11H13ClO2/c1-2-14-8-10-6-4-3-5-9(10)7-11(12)13/h3-6H,2,7-8H2,1H3. The summed E-state index contributed by atoms with van der Waals surface area (Å²) < 4.78 is 5.29. The second-order valence-corrected chi connectivity index (χ2v) is 3.36. The van der Waals surface area contributed by atoms with Crippen molar-refractivity contribution < 1.29 is 9.53 Å². The van der Waals surface area contributed by atoms with E-state index in [2.05, 4.69) is 0 Å². The molecule has 76 valence electrons. The van der Waals surface area contributed by atoms with Gasteiger partial charge in [-0.05, 0) is 29.7 Å². The molecule has 0 saturated carbocycles. The Morgan fingerprint density at radius 1 is 1.36 bits per heavy atom. The highest BCUT2D eigenvalue weighted by Crippen LogP contribution is 2.11. The first-order valence-corrected chi connectivity index (χ1v) is 4.94. The van der Waals surface area contributed by atoms with Crippen molar-refractivity contribution in [2.24, 2.45) is 0 Å². The minimum absolute atomic E-state index is 0.269. The Balaban J connectivity index is 2.74. The molecule has 2 nitrogen and oxygen atoms in total. The van der Waals surface area contributed by atoms with Crippen LogP contribution in [0.3, 0.4) is 0 Å². The van der Waals surface area contributed by atoms with E-state index in [1.165, 1.54) is 0 Å². The Kier molecular flexibility index (Phi) is 4.63. The molecule has 0 aliphatic carbocycles. The molecule has 1 aromatic carbocycles. The SMILES string of the molecule is CCOCc1ccccc1CC(=O)Cl. The largest absolute Gasteiger partial charge is 0.377 e. The van der Waals surface area contributed by atoms with Crippen LogP contribution in [0, 0.1) is 0 Å². The van der Waals surface area contributed by atoms with Crippen molar-refractivity contribution in [1.82, 2.24) is 0 Å². The Morgan fingerprint density at radius 3 is 2.57 bits per heavy atom. The zero-order valence-corrected chi connectivity index (χ0v) is 8.88. The van der Waals surface area contributed by atoms with Crippen LogP contribution in [0.5, 0.6) is 0 Å². The number of hydrogen-bond donors (Lipinski definition) is 0. The maximum absolute atomic E-state index is 10.8. The second kappa shape index (κ2) is 5.78. The zero-order valence-electron chi connectivity index (χ0n) is 8.13. The molecule has 0 radical (unpaired) electrons. The van der Waals surface area contributed by atoms with Crippen molar-refractivity contribution in [3.63, 3.8) is 0 Å². The fourth-order valence-electron chi connectivity index (χ4n) is 1.23. The Hall–Kier alpha value is -0.860. The lowest BCUT2D eigenvalue weighted by atomic mass is 10.1. The molecule has 0 amide bonds. The van der Waals surface area contributed by atoms with Crippen LogP contribution in [0.4, 0.5) is 0 Å². The van der Waals surface area contributed by atoms with Crippen molar-refractivity contribution in [1.29, 1.82) is 0 Å². The number of benzene rings is 1. The van der Waals surface area contributed by atoms with E-state index < -0.39 is 0 Å². The van der Waals surface area contributed by atoms with E-state index in [1.807, 2.05) is 31.2 Å². The topological polar surface area (TPSA) is 26.3 Å². The molecule has 0 unspecified atom stereocenters. The third-order valence-corrected chi connectivity index (χ3v) is 2.04. The number of ether oxygens (including phenoxy) is 1. The quantitative estimate of drug-likeness (QED) is 0.702. The summed E-state index contributed by atoms with van der Waals surface area (Å²) in [6, 6.07) is 7.67. The van der Waals surface area contributed by atoms with Gasteiger partial charge in [-0.1, -0.05) is 24.3 Å². The molecule has 0 heterocycles. The van der Waals surface area contributed by atoms with Crippen LogP contribution in [-0.4, -0.2) is 11.8 Å². The van der Waals surface area contributed by atoms with Crippen LogP contribution in [-0.2, 0) is 22.6 Å². The number of hydrogen-bond acceptors (Lipinski definition) is 2. The summed E-state index contributed by atoms with van der Waals surface area (Å²) in [5.74, 6) is 0. The molecule has 1 aromatic rings. The molecule has 14 heavy (non-hydrogen) atoms. The fraction of sp³-hybridized carbons (Fsp3) is 0.364. The van der Waals surface area contributed by atoms with Crippen LogP contribution in [0.1, 0.15) is 18.1 Å². The van der Waals surface area contributed by atoms with Crippen molar-refractivity contribution in [2.75, 3.05) is 6.61 Å². The van der Waals surface area contributed by atoms with E-state index in [9.17, 15) is 4.79 Å². The van der Waals surface area contributed by atoms with E-state index in [1.54, 1.807) is 0 Å². The van der Waals surface area contributed by atoms with Crippen LogP contribution in [0.15, 0.2) is 24.3 Å². The lowest BCUT2D eigenvalue weighted by molar-refractivity contribution is -0.111. The molecular formula is C11H13ClO2. The van der Waals surface area contributed by atoms with Gasteiger partial charge in [0.2, 0.25) is 5.24 Å². The van der Waals surface area contributed by atoms with Crippen LogP contribution < -0.4 is 0 Å². The highest BCUT2D eigenvalue weighted by Gasteiger charge is 2.04. The lowest BCUT2D eigenvalue weighted by Crippen LogP contribution is -2.01. The van der Waals surface area contributed by atoms with Crippen molar-refractivity contribution in [3.8, 4) is 0 Å². The number of carbonyl (C=O) groups excluding carboxylic acids is 1. The highest BCUT2D eigenvalue weighted by molar-refractivity contribution is 6.63. The molecule has 0 aliphatic rings. The molecule has 0 aliphatic heterocycles. The summed E-state index contributed by atoms with van der Waals surface area (Å²) in [6.07, 6.45) is 0.269. The van der Waals surface area contributed by atoms with Crippen LogP contribution in [0.25, 0.3) is 0 Å². The van der Waals surface area contributed by atoms with Crippen molar-refractivity contribution in [2.45, 2.75) is 20.0 Å². The van der Waals surface area contributed by atoms with Gasteiger partial charge in [0.05, 0.1) is 6.61 Å².